The molecule has 0 radical (unpaired) electrons. The number of nitrogens with zero attached hydrogens (tertiary/aromatic N) is 9. The van der Waals surface area contributed by atoms with E-state index in [0.717, 1.165) is 60.7 Å². The fourth-order valence-corrected chi connectivity index (χ4v) is 8.51. The van der Waals surface area contributed by atoms with Crippen molar-refractivity contribution in [2.45, 2.75) is 57.5 Å². The summed E-state index contributed by atoms with van der Waals surface area (Å²) >= 11 is 0. The van der Waals surface area contributed by atoms with Gasteiger partial charge in [0.1, 0.15) is 36.9 Å². The van der Waals surface area contributed by atoms with Crippen molar-refractivity contribution in [2.75, 3.05) is 40.1 Å². The molecule has 4 heterocycles. The average Bonchev–Trinajstić information content (AvgIpc) is 4.28. The van der Waals surface area contributed by atoms with Gasteiger partial charge in [-0.05, 0) is 91.2 Å². The number of aliphatic hydroxyl groups excluding tert-OH is 4. The van der Waals surface area contributed by atoms with Gasteiger partial charge in [0.2, 0.25) is 0 Å². The third kappa shape index (κ3) is 15.3. The number of hydrogen-bond acceptors (Lipinski definition) is 13. The molecule has 0 bridgehead atoms. The van der Waals surface area contributed by atoms with E-state index in [1.54, 1.807) is 56.7 Å². The second kappa shape index (κ2) is 27.9. The summed E-state index contributed by atoms with van der Waals surface area (Å²) in [5.41, 5.74) is 8.39. The largest absolute Gasteiger partial charge is 0.491 e. The molecule has 396 valence electrons. The van der Waals surface area contributed by atoms with E-state index in [0.29, 0.717) is 57.3 Å². The molecule has 4 N–H and O–H groups in total. The smallest absolute Gasteiger partial charge is 0.127 e. The van der Waals surface area contributed by atoms with Gasteiger partial charge in [0.15, 0.2) is 0 Å². The Morgan fingerprint density at radius 3 is 1.29 bits per heavy atom. The van der Waals surface area contributed by atoms with E-state index in [4.69, 9.17) is 24.2 Å². The minimum Gasteiger partial charge on any atom is -0.491 e. The van der Waals surface area contributed by atoms with Gasteiger partial charge in [0.25, 0.3) is 0 Å². The van der Waals surface area contributed by atoms with E-state index in [2.05, 4.69) is 38.1 Å². The maximum Gasteiger partial charge on any atom is 0.127 e. The molecule has 0 aliphatic rings. The number of hydrogen-bond donors (Lipinski definition) is 4. The minimum absolute atomic E-state index is 0.179. The summed E-state index contributed by atoms with van der Waals surface area (Å²) in [5.74, 6) is 1.43. The summed E-state index contributed by atoms with van der Waals surface area (Å²) in [5, 5.41) is 50.7. The summed E-state index contributed by atoms with van der Waals surface area (Å²) in [6.45, 7) is 5.55. The number of methoxy groups -OCH3 is 1. The lowest BCUT2D eigenvalue weighted by Gasteiger charge is -2.15. The molecule has 17 heteroatoms. The molecule has 77 heavy (non-hydrogen) atoms. The van der Waals surface area contributed by atoms with E-state index in [-0.39, 0.29) is 13.2 Å². The molecule has 4 aromatic heterocycles. The molecule has 11 aromatic rings. The minimum atomic E-state index is -0.645. The lowest BCUT2D eigenvalue weighted by atomic mass is 10.1. The molecule has 7 aromatic carbocycles. The number of imidazole rings is 4. The topological polar surface area (TPSA) is 213 Å². The lowest BCUT2D eigenvalue weighted by molar-refractivity contribution is 0.0341. The van der Waals surface area contributed by atoms with Crippen LogP contribution in [-0.2, 0) is 35.7 Å². The predicted molar refractivity (Wildman–Crippen MR) is 297 cm³/mol. The zero-order chi connectivity index (χ0) is 53.8. The van der Waals surface area contributed by atoms with Gasteiger partial charge in [-0.3, -0.25) is 0 Å². The first kappa shape index (κ1) is 54.8. The van der Waals surface area contributed by atoms with Crippen LogP contribution in [0, 0.1) is 11.3 Å². The highest BCUT2D eigenvalue weighted by atomic mass is 16.5. The lowest BCUT2D eigenvalue weighted by Crippen LogP contribution is -2.23. The fraction of sp³-hybridized carbons (Fsp3) is 0.250. The predicted octanol–water partition coefficient (Wildman–Crippen LogP) is 8.45. The van der Waals surface area contributed by atoms with Crippen LogP contribution in [0.25, 0.3) is 54.9 Å². The monoisotopic (exact) mass is 1040 g/mol. The Bertz CT molecular complexity index is 3580. The van der Waals surface area contributed by atoms with Crippen LogP contribution in [-0.4, -0.2) is 123 Å². The number of nitriles is 1. The normalized spacial score (nSPS) is 12.6. The molecule has 0 saturated heterocycles. The van der Waals surface area contributed by atoms with Gasteiger partial charge in [-0.2, -0.15) is 5.26 Å². The van der Waals surface area contributed by atoms with Crippen molar-refractivity contribution in [1.82, 2.24) is 38.2 Å². The van der Waals surface area contributed by atoms with Gasteiger partial charge in [-0.1, -0.05) is 84.9 Å². The molecule has 4 atom stereocenters. The van der Waals surface area contributed by atoms with Crippen LogP contribution in [0.4, 0.5) is 0 Å². The summed E-state index contributed by atoms with van der Waals surface area (Å²) < 4.78 is 29.2. The Labute approximate surface area is 446 Å². The molecule has 0 spiro atoms. The summed E-state index contributed by atoms with van der Waals surface area (Å²) in [7, 11) is 1.58. The van der Waals surface area contributed by atoms with Gasteiger partial charge in [-0.15, -0.1) is 0 Å². The van der Waals surface area contributed by atoms with Gasteiger partial charge < -0.3 is 57.6 Å². The Kier molecular flexibility index (Phi) is 19.8. The van der Waals surface area contributed by atoms with Crippen molar-refractivity contribution in [3.63, 3.8) is 0 Å². The van der Waals surface area contributed by atoms with Crippen LogP contribution in [0.15, 0.2) is 189 Å². The number of rotatable bonds is 19. The second-order valence-corrected chi connectivity index (χ2v) is 18.0. The van der Waals surface area contributed by atoms with Crippen molar-refractivity contribution in [2.24, 2.45) is 0 Å². The van der Waals surface area contributed by atoms with Crippen LogP contribution >= 0.6 is 0 Å². The molecule has 0 aliphatic heterocycles. The fourth-order valence-electron chi connectivity index (χ4n) is 8.51. The van der Waals surface area contributed by atoms with Crippen LogP contribution in [0.1, 0.15) is 12.5 Å². The van der Waals surface area contributed by atoms with E-state index in [1.807, 2.05) is 153 Å². The third-order valence-electron chi connectivity index (χ3n) is 12.2. The molecule has 11 rings (SSSR count). The molecule has 0 saturated carbocycles. The van der Waals surface area contributed by atoms with Crippen LogP contribution in [0.3, 0.4) is 0 Å². The first-order valence-corrected chi connectivity index (χ1v) is 25.3. The van der Waals surface area contributed by atoms with E-state index in [1.165, 1.54) is 0 Å². The number of ether oxygens (including phenoxy) is 4. The third-order valence-corrected chi connectivity index (χ3v) is 12.2. The van der Waals surface area contributed by atoms with Crippen molar-refractivity contribution >= 4 is 54.9 Å². The van der Waals surface area contributed by atoms with Crippen LogP contribution < -0.4 is 9.47 Å². The summed E-state index contributed by atoms with van der Waals surface area (Å²) in [6, 6.07) is 54.3. The molecule has 4 unspecified atom stereocenters. The van der Waals surface area contributed by atoms with E-state index in [9.17, 15) is 20.4 Å². The molecule has 0 aliphatic carbocycles. The molecular weight excluding hydrogens is 975 g/mol. The Morgan fingerprint density at radius 1 is 0.455 bits per heavy atom. The standard InChI is InChI=1S/C20H18N2O2.C17H15N3O2.C12H16N2O2.C11H14N2O2/c23-16(12-22-14-21-18-9-3-4-10-19(18)22)13-24-20-11-5-7-15-6-1-2-8-17(15)20;18-9-13-5-7-15(8-6-13)22-11-14(21)10-20-12-19-16-3-1-2-4-17(16)20;1-2-16-8-10(15)7-14-9-13-11-5-3-4-6-12(11)14;1-15-7-9(14)6-13-8-12-10-4-2-3-5-11(10)13/h1-11,14,16,23H,12-13H2;1-8,12,14,21H,10-11H2;3-6,9-10,15H,2,7-8H2,1H3;2-5,8-9,14H,6-7H2,1H3. The first-order chi connectivity index (χ1) is 37.7. The van der Waals surface area contributed by atoms with E-state index < -0.39 is 24.4 Å². The number of fused-ring (bicyclic) bond motifs is 5. The summed E-state index contributed by atoms with van der Waals surface area (Å²) in [6.07, 6.45) is 4.73. The highest BCUT2D eigenvalue weighted by Crippen LogP contribution is 2.26. The molecule has 17 nitrogen and oxygen atoms in total. The Hall–Kier alpha value is -8.47. The SMILES string of the molecule is CCOCC(O)Cn1cnc2ccccc21.COCC(O)Cn1cnc2ccccc21.N#Cc1ccc(OCC(O)Cn2cnc3ccccc32)cc1.OC(COc1cccc2ccccc12)Cn1cnc2ccccc21. The number of aliphatic hydroxyl groups is 4. The van der Waals surface area contributed by atoms with Gasteiger partial charge in [0, 0.05) is 19.1 Å². The van der Waals surface area contributed by atoms with Crippen molar-refractivity contribution < 1.29 is 39.4 Å². The number of para-hydroxylation sites is 8. The maximum atomic E-state index is 10.3. The number of aromatic nitrogens is 8. The zero-order valence-corrected chi connectivity index (χ0v) is 43.0. The zero-order valence-electron chi connectivity index (χ0n) is 43.0. The molecule has 0 amide bonds. The van der Waals surface area contributed by atoms with Gasteiger partial charge in [0.05, 0.1) is 133 Å². The highest BCUT2D eigenvalue weighted by Gasteiger charge is 2.13. The molecular formula is C60H63N9O8. The summed E-state index contributed by atoms with van der Waals surface area (Å²) in [4.78, 5) is 17.1. The average molecular weight is 1040 g/mol. The van der Waals surface area contributed by atoms with Crippen molar-refractivity contribution in [3.8, 4) is 17.6 Å². The maximum absolute atomic E-state index is 10.3. The Morgan fingerprint density at radius 2 is 0.844 bits per heavy atom. The quantitative estimate of drug-likeness (QED) is 0.0599. The van der Waals surface area contributed by atoms with Gasteiger partial charge >= 0.3 is 0 Å². The van der Waals surface area contributed by atoms with Crippen LogP contribution in [0.5, 0.6) is 11.5 Å². The number of benzene rings is 7. The van der Waals surface area contributed by atoms with Crippen LogP contribution in [0.2, 0.25) is 0 Å². The first-order valence-electron chi connectivity index (χ1n) is 25.3. The molecule has 0 fully saturated rings. The van der Waals surface area contributed by atoms with Gasteiger partial charge in [-0.25, -0.2) is 19.9 Å². The van der Waals surface area contributed by atoms with Crippen molar-refractivity contribution in [1.29, 1.82) is 5.26 Å². The second-order valence-electron chi connectivity index (χ2n) is 18.0. The van der Waals surface area contributed by atoms with Crippen molar-refractivity contribution in [3.05, 3.63) is 195 Å². The van der Waals surface area contributed by atoms with E-state index >= 15 is 0 Å². The highest BCUT2D eigenvalue weighted by molar-refractivity contribution is 5.88. The Balaban J connectivity index is 0.000000138.